The van der Waals surface area contributed by atoms with Gasteiger partial charge >= 0.3 is 0 Å². The quantitative estimate of drug-likeness (QED) is 0.183. The first-order valence-electron chi connectivity index (χ1n) is 5.58. The Bertz CT molecular complexity index is 344. The molecule has 0 fully saturated rings. The van der Waals surface area contributed by atoms with Gasteiger partial charge in [0.15, 0.2) is 5.96 Å². The molecule has 0 aromatic carbocycles. The van der Waals surface area contributed by atoms with Crippen molar-refractivity contribution >= 4 is 40.0 Å². The number of aliphatic imine (C=N–C) groups is 1. The Labute approximate surface area is 127 Å². The molecule has 0 aromatic heterocycles. The van der Waals surface area contributed by atoms with Crippen molar-refractivity contribution < 1.29 is 8.42 Å². The van der Waals surface area contributed by atoms with Crippen LogP contribution in [0.4, 0.5) is 0 Å². The molecule has 8 heteroatoms. The molecule has 0 aliphatic heterocycles. The zero-order chi connectivity index (χ0) is 13.1. The third kappa shape index (κ3) is 10.8. The van der Waals surface area contributed by atoms with Crippen LogP contribution in [0.25, 0.3) is 0 Å². The topological polar surface area (TPSA) is 82.6 Å². The summed E-state index contributed by atoms with van der Waals surface area (Å²) in [6.45, 7) is 6.93. The highest BCUT2D eigenvalue weighted by Crippen LogP contribution is 1.83. The highest BCUT2D eigenvalue weighted by atomic mass is 127. The smallest absolute Gasteiger partial charge is 0.211 e. The molecule has 0 aliphatic rings. The maximum absolute atomic E-state index is 11.1. The lowest BCUT2D eigenvalue weighted by molar-refractivity contribution is 0.579. The molecule has 0 aromatic rings. The first-order chi connectivity index (χ1) is 8.05. The van der Waals surface area contributed by atoms with Gasteiger partial charge in [-0.1, -0.05) is 6.08 Å². The van der Waals surface area contributed by atoms with Crippen LogP contribution in [0.1, 0.15) is 13.3 Å². The van der Waals surface area contributed by atoms with Gasteiger partial charge in [0.2, 0.25) is 10.0 Å². The summed E-state index contributed by atoms with van der Waals surface area (Å²) >= 11 is 0. The average molecular weight is 390 g/mol. The van der Waals surface area contributed by atoms with E-state index >= 15 is 0 Å². The van der Waals surface area contributed by atoms with Crippen LogP contribution in [0.3, 0.4) is 0 Å². The first-order valence-corrected chi connectivity index (χ1v) is 7.23. The maximum Gasteiger partial charge on any atom is 0.211 e. The molecule has 0 heterocycles. The van der Waals surface area contributed by atoms with Crippen LogP contribution in [0.15, 0.2) is 17.6 Å². The predicted octanol–water partition coefficient (Wildman–Crippen LogP) is 0.285. The highest BCUT2D eigenvalue weighted by molar-refractivity contribution is 14.0. The molecule has 0 atom stereocenters. The molecule has 0 aliphatic carbocycles. The van der Waals surface area contributed by atoms with Crippen molar-refractivity contribution in [3.05, 3.63) is 12.7 Å². The lowest BCUT2D eigenvalue weighted by atomic mass is 10.4. The van der Waals surface area contributed by atoms with Crippen LogP contribution in [0, 0.1) is 0 Å². The second kappa shape index (κ2) is 11.7. The Morgan fingerprint density at radius 2 is 2.00 bits per heavy atom. The molecule has 0 saturated heterocycles. The number of nitrogens with one attached hydrogen (secondary N) is 3. The fourth-order valence-electron chi connectivity index (χ4n) is 1.01. The monoisotopic (exact) mass is 390 g/mol. The third-order valence-corrected chi connectivity index (χ3v) is 3.39. The van der Waals surface area contributed by atoms with Crippen molar-refractivity contribution in [2.45, 2.75) is 13.3 Å². The summed E-state index contributed by atoms with van der Waals surface area (Å²) in [5.41, 5.74) is 0. The number of hydrogen-bond acceptors (Lipinski definition) is 3. The zero-order valence-corrected chi connectivity index (χ0v) is 14.0. The predicted molar refractivity (Wildman–Crippen MR) is 87.1 cm³/mol. The number of nitrogens with zero attached hydrogens (tertiary/aromatic N) is 1. The normalized spacial score (nSPS) is 11.6. The van der Waals surface area contributed by atoms with E-state index in [1.807, 2.05) is 0 Å². The summed E-state index contributed by atoms with van der Waals surface area (Å²) in [5, 5.41) is 6.08. The van der Waals surface area contributed by atoms with Gasteiger partial charge in [0.05, 0.1) is 5.75 Å². The van der Waals surface area contributed by atoms with Crippen LogP contribution in [0.2, 0.25) is 0 Å². The standard InChI is InChI=1S/C10H22N4O2S.HI/c1-4-7-12-10(11-3)13-8-6-9-14-17(15,16)5-2;/h4,14H,1,5-9H2,2-3H3,(H2,11,12,13);1H. The van der Waals surface area contributed by atoms with Crippen molar-refractivity contribution in [2.24, 2.45) is 4.99 Å². The van der Waals surface area contributed by atoms with E-state index in [1.54, 1.807) is 20.0 Å². The second-order valence-corrected chi connectivity index (χ2v) is 5.42. The van der Waals surface area contributed by atoms with Crippen LogP contribution < -0.4 is 15.4 Å². The van der Waals surface area contributed by atoms with Crippen molar-refractivity contribution in [1.82, 2.24) is 15.4 Å². The van der Waals surface area contributed by atoms with Crippen LogP contribution >= 0.6 is 24.0 Å². The van der Waals surface area contributed by atoms with Crippen molar-refractivity contribution in [3.8, 4) is 0 Å². The molecule has 0 bridgehead atoms. The van der Waals surface area contributed by atoms with Gasteiger partial charge in [-0.2, -0.15) is 0 Å². The average Bonchev–Trinajstić information content (AvgIpc) is 2.32. The number of sulfonamides is 1. The van der Waals surface area contributed by atoms with E-state index in [0.717, 1.165) is 0 Å². The van der Waals surface area contributed by atoms with Crippen molar-refractivity contribution in [1.29, 1.82) is 0 Å². The minimum absolute atomic E-state index is 0. The number of halogens is 1. The molecule has 0 rings (SSSR count). The lowest BCUT2D eigenvalue weighted by Gasteiger charge is -2.10. The maximum atomic E-state index is 11.1. The van der Waals surface area contributed by atoms with E-state index < -0.39 is 10.0 Å². The number of rotatable bonds is 8. The van der Waals surface area contributed by atoms with E-state index in [1.165, 1.54) is 0 Å². The van der Waals surface area contributed by atoms with Crippen LogP contribution in [-0.4, -0.2) is 46.8 Å². The SMILES string of the molecule is C=CCNC(=NC)NCCCNS(=O)(=O)CC.I. The fraction of sp³-hybridized carbons (Fsp3) is 0.700. The summed E-state index contributed by atoms with van der Waals surface area (Å²) in [6, 6.07) is 0. The van der Waals surface area contributed by atoms with Crippen molar-refractivity contribution in [3.63, 3.8) is 0 Å². The summed E-state index contributed by atoms with van der Waals surface area (Å²) in [7, 11) is -1.40. The van der Waals surface area contributed by atoms with E-state index in [9.17, 15) is 8.42 Å². The minimum atomic E-state index is -3.08. The lowest BCUT2D eigenvalue weighted by Crippen LogP contribution is -2.38. The summed E-state index contributed by atoms with van der Waals surface area (Å²) in [5.74, 6) is 0.798. The third-order valence-electron chi connectivity index (χ3n) is 1.99. The Balaban J connectivity index is 0. The molecule has 6 nitrogen and oxygen atoms in total. The van der Waals surface area contributed by atoms with Gasteiger partial charge in [0.1, 0.15) is 0 Å². The largest absolute Gasteiger partial charge is 0.356 e. The van der Waals surface area contributed by atoms with E-state index in [4.69, 9.17) is 0 Å². The van der Waals surface area contributed by atoms with Crippen LogP contribution in [0.5, 0.6) is 0 Å². The Kier molecular flexibility index (Phi) is 13.0. The molecular formula is C10H23IN4O2S. The molecule has 0 amide bonds. The Morgan fingerprint density at radius 1 is 1.33 bits per heavy atom. The zero-order valence-electron chi connectivity index (χ0n) is 10.9. The van der Waals surface area contributed by atoms with Crippen LogP contribution in [-0.2, 0) is 10.0 Å². The molecule has 18 heavy (non-hydrogen) atoms. The summed E-state index contributed by atoms with van der Waals surface area (Å²) in [6.07, 6.45) is 2.44. The molecule has 0 unspecified atom stereocenters. The van der Waals surface area contributed by atoms with Gasteiger partial charge < -0.3 is 10.6 Å². The number of guanidine groups is 1. The summed E-state index contributed by atoms with van der Waals surface area (Å²) < 4.78 is 24.7. The minimum Gasteiger partial charge on any atom is -0.356 e. The van der Waals surface area contributed by atoms with Gasteiger partial charge in [0.25, 0.3) is 0 Å². The fourth-order valence-corrected chi connectivity index (χ4v) is 1.67. The molecule has 108 valence electrons. The van der Waals surface area contributed by atoms with Gasteiger partial charge in [-0.3, -0.25) is 4.99 Å². The van der Waals surface area contributed by atoms with E-state index in [0.29, 0.717) is 32.0 Å². The number of hydrogen-bond donors (Lipinski definition) is 3. The molecule has 0 saturated carbocycles. The molecule has 0 radical (unpaired) electrons. The van der Waals surface area contributed by atoms with Gasteiger partial charge in [-0.05, 0) is 13.3 Å². The first kappa shape index (κ1) is 20.0. The van der Waals surface area contributed by atoms with Crippen molar-refractivity contribution in [2.75, 3.05) is 32.4 Å². The molecular weight excluding hydrogens is 367 g/mol. The second-order valence-electron chi connectivity index (χ2n) is 3.32. The summed E-state index contributed by atoms with van der Waals surface area (Å²) in [4.78, 5) is 4.00. The Morgan fingerprint density at radius 3 is 2.50 bits per heavy atom. The van der Waals surface area contributed by atoms with E-state index in [-0.39, 0.29) is 29.7 Å². The van der Waals surface area contributed by atoms with Gasteiger partial charge in [0, 0.05) is 26.7 Å². The van der Waals surface area contributed by atoms with E-state index in [2.05, 4.69) is 26.9 Å². The molecule has 3 N–H and O–H groups in total. The van der Waals surface area contributed by atoms with Gasteiger partial charge in [-0.25, -0.2) is 13.1 Å². The Hall–Kier alpha value is -0.350. The highest BCUT2D eigenvalue weighted by Gasteiger charge is 2.04. The molecule has 0 spiro atoms. The van der Waals surface area contributed by atoms with Gasteiger partial charge in [-0.15, -0.1) is 30.6 Å².